The lowest BCUT2D eigenvalue weighted by Gasteiger charge is -2.46. The largest absolute Gasteiger partial charge is 0.483 e. The van der Waals surface area contributed by atoms with Crippen molar-refractivity contribution in [2.75, 3.05) is 9.71 Å². The summed E-state index contributed by atoms with van der Waals surface area (Å²) in [4.78, 5) is 5.32. The van der Waals surface area contributed by atoms with E-state index in [0.717, 1.165) is 11.4 Å². The molecular weight excluding hydrogens is 687 g/mol. The molecule has 0 N–H and O–H groups in total. The Morgan fingerprint density at radius 2 is 1.22 bits per heavy atom. The molecule has 5 heteroatoms. The highest BCUT2D eigenvalue weighted by Crippen LogP contribution is 2.61. The zero-order valence-electron chi connectivity index (χ0n) is 29.7. The molecule has 0 spiro atoms. The molecule has 1 aromatic heterocycles. The standard InChI is InChI=1S/C50H31BN2OS/c1-3-12-30(13-4-1)32-22-25-34(26-23-32)52-42-27-24-33(31-14-5-2-6-15-31)28-41(42)51-45-39(29-40-35-16-8-10-21-44(35)55-50(40)48(45)52)36-18-11-19-38-46(36)53(51)47-37-17-7-9-20-43(37)54-49(38)47/h1-29,47,49H. The highest BCUT2D eigenvalue weighted by atomic mass is 32.1. The van der Waals surface area contributed by atoms with Gasteiger partial charge in [0.05, 0.1) is 16.4 Å². The van der Waals surface area contributed by atoms with Crippen molar-refractivity contribution in [2.45, 2.75) is 12.1 Å². The van der Waals surface area contributed by atoms with E-state index in [0.29, 0.717) is 0 Å². The van der Waals surface area contributed by atoms with Gasteiger partial charge in [0, 0.05) is 49.2 Å². The summed E-state index contributed by atoms with van der Waals surface area (Å²) >= 11 is 1.92. The van der Waals surface area contributed by atoms with E-state index in [9.17, 15) is 0 Å². The van der Waals surface area contributed by atoms with Gasteiger partial charge in [0.15, 0.2) is 0 Å². The molecule has 9 aromatic rings. The second-order valence-electron chi connectivity index (χ2n) is 15.1. The van der Waals surface area contributed by atoms with Gasteiger partial charge in [0.25, 0.3) is 0 Å². The number of fused-ring (bicyclic) bond motifs is 13. The van der Waals surface area contributed by atoms with Gasteiger partial charge >= 0.3 is 6.85 Å². The second kappa shape index (κ2) is 11.0. The summed E-state index contributed by atoms with van der Waals surface area (Å²) in [6, 6.07) is 65.0. The van der Waals surface area contributed by atoms with Gasteiger partial charge in [-0.05, 0) is 75.1 Å². The molecule has 0 aliphatic carbocycles. The van der Waals surface area contributed by atoms with Crippen LogP contribution in [0.15, 0.2) is 176 Å². The van der Waals surface area contributed by atoms with Crippen LogP contribution in [0.3, 0.4) is 0 Å². The molecule has 256 valence electrons. The Bertz CT molecular complexity index is 3050. The molecule has 2 atom stereocenters. The van der Waals surface area contributed by atoms with Gasteiger partial charge in [-0.3, -0.25) is 0 Å². The van der Waals surface area contributed by atoms with E-state index in [1.165, 1.54) is 92.7 Å². The molecule has 0 radical (unpaired) electrons. The molecule has 5 heterocycles. The van der Waals surface area contributed by atoms with Crippen LogP contribution in [0.2, 0.25) is 0 Å². The topological polar surface area (TPSA) is 15.7 Å². The minimum Gasteiger partial charge on any atom is -0.483 e. The lowest BCUT2D eigenvalue weighted by molar-refractivity contribution is 0.224. The minimum absolute atomic E-state index is 0.0310. The number of rotatable bonds is 3. The third-order valence-electron chi connectivity index (χ3n) is 12.4. The van der Waals surface area contributed by atoms with Gasteiger partial charge in [-0.2, -0.15) is 0 Å². The summed E-state index contributed by atoms with van der Waals surface area (Å²) in [6.45, 7) is -0.0310. The molecule has 4 aliphatic rings. The number of hydrogen-bond donors (Lipinski definition) is 0. The number of benzene rings is 8. The molecule has 0 saturated heterocycles. The predicted molar refractivity (Wildman–Crippen MR) is 230 cm³/mol. The van der Waals surface area contributed by atoms with E-state index < -0.39 is 0 Å². The predicted octanol–water partition coefficient (Wildman–Crippen LogP) is 12.0. The van der Waals surface area contributed by atoms with Gasteiger partial charge in [-0.25, -0.2) is 0 Å². The Morgan fingerprint density at radius 1 is 0.527 bits per heavy atom. The van der Waals surface area contributed by atoms with Gasteiger partial charge in [-0.1, -0.05) is 140 Å². The lowest BCUT2D eigenvalue weighted by atomic mass is 9.43. The maximum Gasteiger partial charge on any atom is 0.329 e. The highest BCUT2D eigenvalue weighted by molar-refractivity contribution is 7.26. The summed E-state index contributed by atoms with van der Waals surface area (Å²) in [5.41, 5.74) is 17.7. The number of ether oxygens (including phenoxy) is 1. The first-order valence-electron chi connectivity index (χ1n) is 19.1. The summed E-state index contributed by atoms with van der Waals surface area (Å²) < 4.78 is 9.54. The summed E-state index contributed by atoms with van der Waals surface area (Å²) in [6.07, 6.45) is -0.0728. The van der Waals surface area contributed by atoms with Crippen molar-refractivity contribution < 1.29 is 4.74 Å². The summed E-state index contributed by atoms with van der Waals surface area (Å²) in [5.74, 6) is 0.994. The lowest BCUT2D eigenvalue weighted by Crippen LogP contribution is -2.63. The van der Waals surface area contributed by atoms with Gasteiger partial charge in [0.2, 0.25) is 0 Å². The molecule has 0 bridgehead atoms. The Hall–Kier alpha value is -6.56. The van der Waals surface area contributed by atoms with Gasteiger partial charge in [0.1, 0.15) is 11.9 Å². The van der Waals surface area contributed by atoms with Gasteiger partial charge < -0.3 is 14.4 Å². The van der Waals surface area contributed by atoms with Crippen molar-refractivity contribution in [1.29, 1.82) is 0 Å². The van der Waals surface area contributed by atoms with Crippen molar-refractivity contribution in [3.8, 4) is 39.1 Å². The summed E-state index contributed by atoms with van der Waals surface area (Å²) in [7, 11) is 0. The average Bonchev–Trinajstić information content (AvgIpc) is 3.92. The maximum atomic E-state index is 6.90. The Balaban J connectivity index is 1.15. The van der Waals surface area contributed by atoms with Crippen LogP contribution in [-0.2, 0) is 0 Å². The number of thiophene rings is 1. The monoisotopic (exact) mass is 718 g/mol. The third-order valence-corrected chi connectivity index (χ3v) is 13.6. The van der Waals surface area contributed by atoms with Crippen LogP contribution in [0, 0.1) is 0 Å². The van der Waals surface area contributed by atoms with E-state index in [-0.39, 0.29) is 19.0 Å². The first-order valence-corrected chi connectivity index (χ1v) is 19.9. The summed E-state index contributed by atoms with van der Waals surface area (Å²) in [5, 5.41) is 2.63. The zero-order chi connectivity index (χ0) is 35.8. The van der Waals surface area contributed by atoms with Crippen molar-refractivity contribution >= 4 is 72.0 Å². The first kappa shape index (κ1) is 29.8. The van der Waals surface area contributed by atoms with Crippen molar-refractivity contribution in [3.05, 3.63) is 187 Å². The molecule has 3 nitrogen and oxygen atoms in total. The van der Waals surface area contributed by atoms with Crippen molar-refractivity contribution in [1.82, 2.24) is 0 Å². The van der Waals surface area contributed by atoms with E-state index in [1.54, 1.807) is 0 Å². The molecule has 0 amide bonds. The molecule has 13 rings (SSSR count). The van der Waals surface area contributed by atoms with Gasteiger partial charge in [-0.15, -0.1) is 11.3 Å². The quantitative estimate of drug-likeness (QED) is 0.169. The van der Waals surface area contributed by atoms with E-state index in [4.69, 9.17) is 4.74 Å². The second-order valence-corrected chi connectivity index (χ2v) is 16.2. The fourth-order valence-electron chi connectivity index (χ4n) is 10.1. The average molecular weight is 719 g/mol. The SMILES string of the molecule is c1ccc(-c2ccc(N3c4ccc(-c5ccccc5)cc4B4c5c(cc6c(sc7ccccc76)c53)-c3cccc5c3N4C3c4ccccc4OC53)cc2)cc1. The molecular formula is C50H31BN2OS. The first-order chi connectivity index (χ1) is 27.3. The Morgan fingerprint density at radius 3 is 2.05 bits per heavy atom. The number of anilines is 4. The van der Waals surface area contributed by atoms with Crippen LogP contribution < -0.4 is 25.4 Å². The van der Waals surface area contributed by atoms with Crippen LogP contribution >= 0.6 is 11.3 Å². The van der Waals surface area contributed by atoms with Crippen molar-refractivity contribution in [2.24, 2.45) is 0 Å². The van der Waals surface area contributed by atoms with E-state index >= 15 is 0 Å². The van der Waals surface area contributed by atoms with Crippen LogP contribution in [0.4, 0.5) is 22.7 Å². The fourth-order valence-corrected chi connectivity index (χ4v) is 11.3. The smallest absolute Gasteiger partial charge is 0.329 e. The molecule has 2 unspecified atom stereocenters. The minimum atomic E-state index is -0.0728. The molecule has 4 aliphatic heterocycles. The maximum absolute atomic E-state index is 6.90. The molecule has 0 saturated carbocycles. The Labute approximate surface area is 323 Å². The molecule has 8 aromatic carbocycles. The number of para-hydroxylation sites is 2. The van der Waals surface area contributed by atoms with Crippen LogP contribution in [0.1, 0.15) is 23.3 Å². The Kier molecular flexibility index (Phi) is 5.97. The van der Waals surface area contributed by atoms with Crippen LogP contribution in [0.5, 0.6) is 5.75 Å². The number of hydrogen-bond acceptors (Lipinski definition) is 4. The normalized spacial score (nSPS) is 16.8. The zero-order valence-corrected chi connectivity index (χ0v) is 30.5. The van der Waals surface area contributed by atoms with E-state index in [2.05, 4.69) is 186 Å². The van der Waals surface area contributed by atoms with Crippen LogP contribution in [0.25, 0.3) is 53.6 Å². The molecule has 0 fully saturated rings. The third kappa shape index (κ3) is 4.00. The fraction of sp³-hybridized carbons (Fsp3) is 0.0400. The number of nitrogens with zero attached hydrogens (tertiary/aromatic N) is 2. The van der Waals surface area contributed by atoms with Crippen LogP contribution in [-0.4, -0.2) is 6.85 Å². The molecule has 55 heavy (non-hydrogen) atoms. The van der Waals surface area contributed by atoms with E-state index in [1.807, 2.05) is 11.3 Å². The highest BCUT2D eigenvalue weighted by Gasteiger charge is 2.56. The van der Waals surface area contributed by atoms with Crippen molar-refractivity contribution in [3.63, 3.8) is 0 Å².